The molecule has 0 spiro atoms. The van der Waals surface area contributed by atoms with E-state index in [2.05, 4.69) is 0 Å². The molecule has 0 aromatic heterocycles. The van der Waals surface area contributed by atoms with Gasteiger partial charge in [-0.1, -0.05) is 23.7 Å². The molecule has 1 amide bonds. The maximum atomic E-state index is 12.2. The second kappa shape index (κ2) is 7.66. The van der Waals surface area contributed by atoms with Crippen molar-refractivity contribution >= 4 is 17.5 Å². The van der Waals surface area contributed by atoms with Gasteiger partial charge in [-0.25, -0.2) is 0 Å². The Morgan fingerprint density at radius 3 is 3.00 bits per heavy atom. The van der Waals surface area contributed by atoms with Gasteiger partial charge >= 0.3 is 0 Å². The van der Waals surface area contributed by atoms with E-state index in [0.717, 1.165) is 25.9 Å². The van der Waals surface area contributed by atoms with Crippen molar-refractivity contribution in [2.45, 2.75) is 32.2 Å². The van der Waals surface area contributed by atoms with Crippen LogP contribution in [0.15, 0.2) is 24.3 Å². The fourth-order valence-corrected chi connectivity index (χ4v) is 2.82. The minimum absolute atomic E-state index is 0.132. The Kier molecular flexibility index (Phi) is 5.88. The van der Waals surface area contributed by atoms with E-state index in [1.807, 2.05) is 24.0 Å². The lowest BCUT2D eigenvalue weighted by atomic mass is 9.92. The van der Waals surface area contributed by atoms with Gasteiger partial charge in [-0.15, -0.1) is 0 Å². The van der Waals surface area contributed by atoms with Crippen LogP contribution in [0.5, 0.6) is 5.75 Å². The summed E-state index contributed by atoms with van der Waals surface area (Å²) in [5, 5.41) is 0.569. The molecule has 1 fully saturated rings. The fraction of sp³-hybridized carbons (Fsp3) is 0.562. The number of nitrogens with zero attached hydrogens (tertiary/aromatic N) is 1. The first-order chi connectivity index (χ1) is 10.1. The van der Waals surface area contributed by atoms with Crippen LogP contribution in [0, 0.1) is 5.92 Å². The van der Waals surface area contributed by atoms with Crippen LogP contribution < -0.4 is 10.5 Å². The number of benzene rings is 1. The third-order valence-corrected chi connectivity index (χ3v) is 4.28. The summed E-state index contributed by atoms with van der Waals surface area (Å²) in [4.78, 5) is 14.1. The van der Waals surface area contributed by atoms with Gasteiger partial charge in [-0.3, -0.25) is 4.79 Å². The number of nitrogens with two attached hydrogens (primary N) is 1. The normalized spacial score (nSPS) is 20.1. The second-order valence-corrected chi connectivity index (χ2v) is 6.04. The standard InChI is InChI=1S/C16H23ClN2O2/c1-12(18)13-5-4-9-19(11-13)16(20)8-10-21-15-7-3-2-6-14(15)17/h2-3,6-7,12-13H,4-5,8-11,18H2,1H3/t12-,13-/m0/s1. The molecule has 1 aliphatic heterocycles. The number of carbonyl (C=O) groups is 1. The minimum atomic E-state index is 0.132. The molecule has 5 heteroatoms. The molecule has 1 heterocycles. The lowest BCUT2D eigenvalue weighted by Crippen LogP contribution is -2.45. The number of hydrogen-bond donors (Lipinski definition) is 1. The highest BCUT2D eigenvalue weighted by atomic mass is 35.5. The molecule has 2 N–H and O–H groups in total. The lowest BCUT2D eigenvalue weighted by molar-refractivity contribution is -0.133. The number of likely N-dealkylation sites (tertiary alicyclic amines) is 1. The van der Waals surface area contributed by atoms with Gasteiger partial charge in [-0.2, -0.15) is 0 Å². The van der Waals surface area contributed by atoms with Gasteiger partial charge in [0, 0.05) is 19.1 Å². The van der Waals surface area contributed by atoms with Gasteiger partial charge in [0.05, 0.1) is 18.1 Å². The summed E-state index contributed by atoms with van der Waals surface area (Å²) in [5.41, 5.74) is 5.94. The van der Waals surface area contributed by atoms with Gasteiger partial charge in [0.1, 0.15) is 5.75 Å². The van der Waals surface area contributed by atoms with Crippen molar-refractivity contribution in [3.63, 3.8) is 0 Å². The molecule has 2 atom stereocenters. The molecule has 1 aromatic rings. The predicted octanol–water partition coefficient (Wildman–Crippen LogP) is 2.69. The summed E-state index contributed by atoms with van der Waals surface area (Å²) in [6.45, 7) is 3.96. The van der Waals surface area contributed by atoms with E-state index in [1.165, 1.54) is 0 Å². The molecule has 116 valence electrons. The summed E-state index contributed by atoms with van der Waals surface area (Å²) in [6.07, 6.45) is 2.51. The largest absolute Gasteiger partial charge is 0.491 e. The highest BCUT2D eigenvalue weighted by Gasteiger charge is 2.25. The molecular formula is C16H23ClN2O2. The van der Waals surface area contributed by atoms with E-state index in [-0.39, 0.29) is 11.9 Å². The van der Waals surface area contributed by atoms with Gasteiger partial charge < -0.3 is 15.4 Å². The van der Waals surface area contributed by atoms with E-state index in [4.69, 9.17) is 22.1 Å². The molecular weight excluding hydrogens is 288 g/mol. The maximum absolute atomic E-state index is 12.2. The van der Waals surface area contributed by atoms with E-state index in [9.17, 15) is 4.79 Å². The Morgan fingerprint density at radius 1 is 1.52 bits per heavy atom. The fourth-order valence-electron chi connectivity index (χ4n) is 2.63. The molecule has 1 saturated heterocycles. The van der Waals surface area contributed by atoms with Crippen molar-refractivity contribution < 1.29 is 9.53 Å². The molecule has 2 rings (SSSR count). The number of amides is 1. The number of ether oxygens (including phenoxy) is 1. The van der Waals surface area contributed by atoms with Crippen LogP contribution in [-0.2, 0) is 4.79 Å². The molecule has 0 unspecified atom stereocenters. The maximum Gasteiger partial charge on any atom is 0.226 e. The predicted molar refractivity (Wildman–Crippen MR) is 84.5 cm³/mol. The third kappa shape index (κ3) is 4.61. The number of piperidine rings is 1. The molecule has 0 aliphatic carbocycles. The van der Waals surface area contributed by atoms with Gasteiger partial charge in [-0.05, 0) is 37.8 Å². The molecule has 1 aromatic carbocycles. The molecule has 21 heavy (non-hydrogen) atoms. The van der Waals surface area contributed by atoms with Gasteiger partial charge in [0.2, 0.25) is 5.91 Å². The van der Waals surface area contributed by atoms with Crippen molar-refractivity contribution in [1.29, 1.82) is 0 Å². The Bertz CT molecular complexity index is 479. The van der Waals surface area contributed by atoms with E-state index in [1.54, 1.807) is 12.1 Å². The van der Waals surface area contributed by atoms with E-state index >= 15 is 0 Å². The van der Waals surface area contributed by atoms with E-state index in [0.29, 0.717) is 29.7 Å². The quantitative estimate of drug-likeness (QED) is 0.909. The van der Waals surface area contributed by atoms with Crippen molar-refractivity contribution in [2.75, 3.05) is 19.7 Å². The summed E-state index contributed by atoms with van der Waals surface area (Å²) in [7, 11) is 0. The zero-order valence-corrected chi connectivity index (χ0v) is 13.2. The molecule has 1 aliphatic rings. The highest BCUT2D eigenvalue weighted by Crippen LogP contribution is 2.23. The van der Waals surface area contributed by atoms with Gasteiger partial charge in [0.25, 0.3) is 0 Å². The van der Waals surface area contributed by atoms with Gasteiger partial charge in [0.15, 0.2) is 0 Å². The smallest absolute Gasteiger partial charge is 0.226 e. The average Bonchev–Trinajstić information content (AvgIpc) is 2.49. The Labute approximate surface area is 131 Å². The van der Waals surface area contributed by atoms with Crippen molar-refractivity contribution in [2.24, 2.45) is 11.7 Å². The number of hydrogen-bond acceptors (Lipinski definition) is 3. The first kappa shape index (κ1) is 16.1. The lowest BCUT2D eigenvalue weighted by Gasteiger charge is -2.34. The van der Waals surface area contributed by atoms with Crippen molar-refractivity contribution in [3.8, 4) is 5.75 Å². The van der Waals surface area contributed by atoms with Crippen LogP contribution in [-0.4, -0.2) is 36.5 Å². The first-order valence-electron chi connectivity index (χ1n) is 7.48. The van der Waals surface area contributed by atoms with Crippen LogP contribution in [0.2, 0.25) is 5.02 Å². The van der Waals surface area contributed by atoms with Crippen molar-refractivity contribution in [3.05, 3.63) is 29.3 Å². The minimum Gasteiger partial charge on any atom is -0.491 e. The zero-order chi connectivity index (χ0) is 15.2. The van der Waals surface area contributed by atoms with Crippen LogP contribution >= 0.6 is 11.6 Å². The van der Waals surface area contributed by atoms with Crippen LogP contribution in [0.3, 0.4) is 0 Å². The number of halogens is 1. The Hall–Kier alpha value is -1.26. The Morgan fingerprint density at radius 2 is 2.29 bits per heavy atom. The Balaban J connectivity index is 1.78. The summed E-state index contributed by atoms with van der Waals surface area (Å²) in [6, 6.07) is 7.43. The molecule has 0 radical (unpaired) electrons. The van der Waals surface area contributed by atoms with Crippen LogP contribution in [0.25, 0.3) is 0 Å². The molecule has 0 bridgehead atoms. The average molecular weight is 311 g/mol. The summed E-state index contributed by atoms with van der Waals surface area (Å²) >= 11 is 6.01. The van der Waals surface area contributed by atoms with E-state index < -0.39 is 0 Å². The number of carbonyl (C=O) groups excluding carboxylic acids is 1. The third-order valence-electron chi connectivity index (χ3n) is 3.96. The number of para-hydroxylation sites is 1. The second-order valence-electron chi connectivity index (χ2n) is 5.63. The topological polar surface area (TPSA) is 55.6 Å². The van der Waals surface area contributed by atoms with Crippen LogP contribution in [0.4, 0.5) is 0 Å². The summed E-state index contributed by atoms with van der Waals surface area (Å²) < 4.78 is 5.57. The molecule has 4 nitrogen and oxygen atoms in total. The zero-order valence-electron chi connectivity index (χ0n) is 12.4. The van der Waals surface area contributed by atoms with Crippen LogP contribution in [0.1, 0.15) is 26.2 Å². The molecule has 0 saturated carbocycles. The summed E-state index contributed by atoms with van der Waals surface area (Å²) in [5.74, 6) is 1.17. The monoisotopic (exact) mass is 310 g/mol. The first-order valence-corrected chi connectivity index (χ1v) is 7.86. The number of rotatable bonds is 5. The van der Waals surface area contributed by atoms with Crippen molar-refractivity contribution in [1.82, 2.24) is 4.90 Å². The SMILES string of the molecule is C[C@H](N)[C@H]1CCCN(C(=O)CCOc2ccccc2Cl)C1. The highest BCUT2D eigenvalue weighted by molar-refractivity contribution is 6.32.